The van der Waals surface area contributed by atoms with Crippen molar-refractivity contribution in [3.63, 3.8) is 0 Å². The molecule has 0 saturated carbocycles. The van der Waals surface area contributed by atoms with Crippen molar-refractivity contribution in [2.75, 3.05) is 19.2 Å². The van der Waals surface area contributed by atoms with Gasteiger partial charge in [-0.1, -0.05) is 22.0 Å². The highest BCUT2D eigenvalue weighted by Gasteiger charge is 2.34. The molecule has 0 spiro atoms. The number of carbonyl (C=O) groups is 2. The molecule has 0 bridgehead atoms. The number of rotatable bonds is 4. The normalized spacial score (nSPS) is 15.3. The molecule has 1 aliphatic rings. The van der Waals surface area contributed by atoms with Gasteiger partial charge in [0.05, 0.1) is 19.9 Å². The molecule has 7 nitrogen and oxygen atoms in total. The summed E-state index contributed by atoms with van der Waals surface area (Å²) in [6.07, 6.45) is 1.42. The quantitative estimate of drug-likeness (QED) is 0.588. The highest BCUT2D eigenvalue weighted by atomic mass is 79.9. The minimum absolute atomic E-state index is 0.0419. The van der Waals surface area contributed by atoms with E-state index in [0.29, 0.717) is 11.3 Å². The Bertz CT molecular complexity index is 901. The van der Waals surface area contributed by atoms with Crippen molar-refractivity contribution >= 4 is 39.5 Å². The molecular weight excluding hydrogens is 404 g/mol. The lowest BCUT2D eigenvalue weighted by Gasteiger charge is -2.14. The summed E-state index contributed by atoms with van der Waals surface area (Å²) in [6, 6.07) is 10.0. The molecule has 0 unspecified atom stereocenters. The van der Waals surface area contributed by atoms with Crippen LogP contribution in [0.15, 0.2) is 46.4 Å². The molecule has 2 aromatic rings. The van der Waals surface area contributed by atoms with Crippen LogP contribution >= 0.6 is 15.9 Å². The van der Waals surface area contributed by atoms with E-state index in [9.17, 15) is 14.7 Å². The first-order chi connectivity index (χ1) is 12.4. The fraction of sp³-hybridized carbons (Fsp3) is 0.111. The molecule has 26 heavy (non-hydrogen) atoms. The molecule has 2 N–H and O–H groups in total. The van der Waals surface area contributed by atoms with Crippen molar-refractivity contribution in [2.45, 2.75) is 0 Å². The number of methoxy groups -OCH3 is 2. The third-order valence-corrected chi connectivity index (χ3v) is 4.26. The van der Waals surface area contributed by atoms with Crippen LogP contribution < -0.4 is 19.9 Å². The number of carbonyl (C=O) groups excluding carboxylic acids is 2. The smallest absolute Gasteiger partial charge is 0.282 e. The average molecular weight is 419 g/mol. The molecule has 1 saturated heterocycles. The second-order valence-corrected chi connectivity index (χ2v) is 6.31. The zero-order chi connectivity index (χ0) is 18.8. The third kappa shape index (κ3) is 3.23. The summed E-state index contributed by atoms with van der Waals surface area (Å²) in [5.41, 5.74) is 3.50. The zero-order valence-corrected chi connectivity index (χ0v) is 15.5. The van der Waals surface area contributed by atoms with Gasteiger partial charge in [0.15, 0.2) is 11.5 Å². The van der Waals surface area contributed by atoms with Crippen LogP contribution in [0, 0.1) is 0 Å². The first-order valence-corrected chi connectivity index (χ1v) is 8.31. The Kier molecular flexibility index (Phi) is 4.85. The number of hydrogen-bond acceptors (Lipinski definition) is 5. The lowest BCUT2D eigenvalue weighted by Crippen LogP contribution is -2.35. The van der Waals surface area contributed by atoms with Crippen LogP contribution in [0.3, 0.4) is 0 Å². The Balaban J connectivity index is 1.99. The van der Waals surface area contributed by atoms with Crippen molar-refractivity contribution in [3.05, 3.63) is 52.0 Å². The lowest BCUT2D eigenvalue weighted by atomic mass is 10.1. The third-order valence-electron chi connectivity index (χ3n) is 3.77. The number of hydrazine groups is 1. The Morgan fingerprint density at radius 3 is 2.35 bits per heavy atom. The summed E-state index contributed by atoms with van der Waals surface area (Å²) in [5.74, 6) is -0.827. The average Bonchev–Trinajstić information content (AvgIpc) is 2.91. The van der Waals surface area contributed by atoms with Gasteiger partial charge in [0.2, 0.25) is 5.75 Å². The SMILES string of the molecule is COc1cc(C=C2C(=O)NN(c3cccc(Br)c3)C2=O)cc(OC)c1O. The van der Waals surface area contributed by atoms with Crippen molar-refractivity contribution in [1.29, 1.82) is 0 Å². The predicted molar refractivity (Wildman–Crippen MR) is 99.0 cm³/mol. The van der Waals surface area contributed by atoms with E-state index in [1.54, 1.807) is 18.2 Å². The number of nitrogens with zero attached hydrogens (tertiary/aromatic N) is 1. The molecule has 1 aliphatic heterocycles. The topological polar surface area (TPSA) is 88.1 Å². The van der Waals surface area contributed by atoms with Gasteiger partial charge in [-0.15, -0.1) is 0 Å². The number of hydrogen-bond donors (Lipinski definition) is 2. The van der Waals surface area contributed by atoms with Gasteiger partial charge >= 0.3 is 0 Å². The minimum Gasteiger partial charge on any atom is -0.502 e. The van der Waals surface area contributed by atoms with Crippen LogP contribution in [-0.4, -0.2) is 31.1 Å². The van der Waals surface area contributed by atoms with Gasteiger partial charge in [-0.05, 0) is 42.0 Å². The number of nitrogens with one attached hydrogen (secondary N) is 1. The summed E-state index contributed by atoms with van der Waals surface area (Å²) in [5, 5.41) is 11.1. The van der Waals surface area contributed by atoms with Gasteiger partial charge in [-0.3, -0.25) is 15.0 Å². The maximum Gasteiger partial charge on any atom is 0.282 e. The molecule has 0 aromatic heterocycles. The molecule has 0 aliphatic carbocycles. The van der Waals surface area contributed by atoms with Crippen molar-refractivity contribution in [1.82, 2.24) is 5.43 Å². The molecule has 1 heterocycles. The fourth-order valence-electron chi connectivity index (χ4n) is 2.52. The summed E-state index contributed by atoms with van der Waals surface area (Å²) >= 11 is 3.33. The predicted octanol–water partition coefficient (Wildman–Crippen LogP) is 2.63. The number of benzene rings is 2. The second-order valence-electron chi connectivity index (χ2n) is 5.39. The minimum atomic E-state index is -0.527. The fourth-order valence-corrected chi connectivity index (χ4v) is 2.91. The Labute approximate surface area is 157 Å². The van der Waals surface area contributed by atoms with Crippen molar-refractivity contribution < 1.29 is 24.2 Å². The van der Waals surface area contributed by atoms with E-state index < -0.39 is 11.8 Å². The van der Waals surface area contributed by atoms with Crippen LogP contribution in [0.2, 0.25) is 0 Å². The van der Waals surface area contributed by atoms with E-state index >= 15 is 0 Å². The summed E-state index contributed by atoms with van der Waals surface area (Å²) in [4.78, 5) is 24.9. The highest BCUT2D eigenvalue weighted by molar-refractivity contribution is 9.10. The van der Waals surface area contributed by atoms with Gasteiger partial charge in [0.25, 0.3) is 11.8 Å². The molecule has 3 rings (SSSR count). The maximum absolute atomic E-state index is 12.7. The number of phenolic OH excluding ortho intramolecular Hbond substituents is 1. The maximum atomic E-state index is 12.7. The zero-order valence-electron chi connectivity index (χ0n) is 13.9. The largest absolute Gasteiger partial charge is 0.502 e. The standard InChI is InChI=1S/C18H15BrN2O5/c1-25-14-7-10(8-15(26-2)16(14)22)6-13-17(23)20-21(18(13)24)12-5-3-4-11(19)9-12/h3-9,22H,1-2H3,(H,20,23). The Hall–Kier alpha value is -3.00. The molecule has 2 amide bonds. The van der Waals surface area contributed by atoms with E-state index in [2.05, 4.69) is 21.4 Å². The Morgan fingerprint density at radius 1 is 1.12 bits per heavy atom. The van der Waals surface area contributed by atoms with Crippen LogP contribution in [0.1, 0.15) is 5.56 Å². The molecule has 8 heteroatoms. The monoisotopic (exact) mass is 418 g/mol. The number of halogens is 1. The molecule has 0 atom stereocenters. The van der Waals surface area contributed by atoms with Gasteiger partial charge in [-0.25, -0.2) is 5.01 Å². The summed E-state index contributed by atoms with van der Waals surface area (Å²) in [6.45, 7) is 0. The number of phenols is 1. The first kappa shape index (κ1) is 17.8. The van der Waals surface area contributed by atoms with Crippen molar-refractivity contribution in [2.24, 2.45) is 0 Å². The second kappa shape index (κ2) is 7.09. The van der Waals surface area contributed by atoms with Gasteiger partial charge in [-0.2, -0.15) is 0 Å². The molecule has 134 valence electrons. The van der Waals surface area contributed by atoms with E-state index in [4.69, 9.17) is 9.47 Å². The molecular formula is C18H15BrN2O5. The van der Waals surface area contributed by atoms with E-state index in [1.807, 2.05) is 6.07 Å². The number of aromatic hydroxyl groups is 1. The lowest BCUT2D eigenvalue weighted by molar-refractivity contribution is -0.117. The molecule has 1 fully saturated rings. The first-order valence-electron chi connectivity index (χ1n) is 7.52. The molecule has 2 aromatic carbocycles. The van der Waals surface area contributed by atoms with Gasteiger partial charge in [0, 0.05) is 4.47 Å². The summed E-state index contributed by atoms with van der Waals surface area (Å²) < 4.78 is 11.0. The number of amides is 2. The van der Waals surface area contributed by atoms with E-state index in [-0.39, 0.29) is 22.8 Å². The van der Waals surface area contributed by atoms with E-state index in [1.165, 1.54) is 37.4 Å². The van der Waals surface area contributed by atoms with Crippen LogP contribution in [0.5, 0.6) is 17.2 Å². The Morgan fingerprint density at radius 2 is 1.77 bits per heavy atom. The number of ether oxygens (including phenoxy) is 2. The molecule has 0 radical (unpaired) electrons. The highest BCUT2D eigenvalue weighted by Crippen LogP contribution is 2.38. The van der Waals surface area contributed by atoms with Crippen LogP contribution in [-0.2, 0) is 9.59 Å². The summed E-state index contributed by atoms with van der Waals surface area (Å²) in [7, 11) is 2.79. The van der Waals surface area contributed by atoms with Gasteiger partial charge in [0.1, 0.15) is 5.57 Å². The van der Waals surface area contributed by atoms with Crippen LogP contribution in [0.4, 0.5) is 5.69 Å². The van der Waals surface area contributed by atoms with E-state index in [0.717, 1.165) is 4.47 Å². The number of anilines is 1. The van der Waals surface area contributed by atoms with Crippen molar-refractivity contribution in [3.8, 4) is 17.2 Å². The van der Waals surface area contributed by atoms with Crippen LogP contribution in [0.25, 0.3) is 6.08 Å². The van der Waals surface area contributed by atoms with Gasteiger partial charge < -0.3 is 14.6 Å².